The van der Waals surface area contributed by atoms with Gasteiger partial charge < -0.3 is 5.32 Å². The number of nitrogens with one attached hydrogen (secondary N) is 2. The van der Waals surface area contributed by atoms with Crippen molar-refractivity contribution in [1.29, 1.82) is 0 Å². The molecule has 1 fully saturated rings. The molecule has 5 nitrogen and oxygen atoms in total. The first kappa shape index (κ1) is 14.0. The Kier molecular flexibility index (Phi) is 4.74. The number of hydrogen-bond donors (Lipinski definition) is 2. The lowest BCUT2D eigenvalue weighted by atomic mass is 10.1. The summed E-state index contributed by atoms with van der Waals surface area (Å²) in [4.78, 5) is 7.59. The maximum absolute atomic E-state index is 11.9. The van der Waals surface area contributed by atoms with Gasteiger partial charge in [-0.2, -0.15) is 0 Å². The fourth-order valence-electron chi connectivity index (χ4n) is 1.71. The highest BCUT2D eigenvalue weighted by Crippen LogP contribution is 2.15. The third kappa shape index (κ3) is 3.76. The van der Waals surface area contributed by atoms with E-state index in [0.717, 1.165) is 23.9 Å². The number of hydrogen-bond acceptors (Lipinski definition) is 4. The van der Waals surface area contributed by atoms with Gasteiger partial charge in [-0.05, 0) is 43.7 Å². The maximum Gasteiger partial charge on any atom is 0.262 e. The van der Waals surface area contributed by atoms with Crippen molar-refractivity contribution >= 4 is 26.0 Å². The fraction of sp³-hybridized carbons (Fsp3) is 0.455. The van der Waals surface area contributed by atoms with Crippen LogP contribution in [0.3, 0.4) is 0 Å². The van der Waals surface area contributed by atoms with Crippen LogP contribution in [0.5, 0.6) is 0 Å². The third-order valence-corrected chi connectivity index (χ3v) is 4.44. The molecule has 0 saturated carbocycles. The minimum Gasteiger partial charge on any atom is -0.314 e. The Hall–Kier alpha value is -0.470. The van der Waals surface area contributed by atoms with Gasteiger partial charge in [0.1, 0.15) is 0 Å². The largest absolute Gasteiger partial charge is 0.314 e. The van der Waals surface area contributed by atoms with Crippen LogP contribution in [-0.2, 0) is 14.9 Å². The molecule has 1 unspecified atom stereocenters. The number of piperidine rings is 1. The lowest BCUT2D eigenvalue weighted by molar-refractivity contribution is 0.00408. The van der Waals surface area contributed by atoms with Crippen LogP contribution in [0, 0.1) is 0 Å². The number of rotatable bonds is 4. The van der Waals surface area contributed by atoms with Gasteiger partial charge in [-0.3, -0.25) is 4.84 Å². The fourth-order valence-corrected chi connectivity index (χ4v) is 2.83. The number of sulfonamides is 1. The van der Waals surface area contributed by atoms with E-state index in [1.165, 1.54) is 12.1 Å². The quantitative estimate of drug-likeness (QED) is 0.817. The first-order valence-corrected chi connectivity index (χ1v) is 7.99. The molecule has 2 N–H and O–H groups in total. The van der Waals surface area contributed by atoms with Crippen LogP contribution in [0.4, 0.5) is 0 Å². The van der Waals surface area contributed by atoms with Crippen molar-refractivity contribution in [1.82, 2.24) is 10.2 Å². The highest BCUT2D eigenvalue weighted by Gasteiger charge is 2.19. The first-order chi connectivity index (χ1) is 8.58. The molecule has 1 aliphatic heterocycles. The molecule has 0 spiro atoms. The average molecular weight is 335 g/mol. The molecule has 100 valence electrons. The maximum atomic E-state index is 11.9. The summed E-state index contributed by atoms with van der Waals surface area (Å²) in [6, 6.07) is 6.40. The van der Waals surface area contributed by atoms with E-state index in [9.17, 15) is 8.42 Å². The van der Waals surface area contributed by atoms with Gasteiger partial charge >= 0.3 is 0 Å². The van der Waals surface area contributed by atoms with Crippen LogP contribution in [0.25, 0.3) is 0 Å². The molecule has 7 heteroatoms. The monoisotopic (exact) mass is 334 g/mol. The lowest BCUT2D eigenvalue weighted by Crippen LogP contribution is -2.40. The zero-order valence-electron chi connectivity index (χ0n) is 9.73. The number of benzene rings is 1. The van der Waals surface area contributed by atoms with E-state index in [2.05, 4.69) is 26.1 Å². The normalized spacial score (nSPS) is 20.8. The summed E-state index contributed by atoms with van der Waals surface area (Å²) in [6.45, 7) is 1.63. The second-order valence-electron chi connectivity index (χ2n) is 4.13. The lowest BCUT2D eigenvalue weighted by Gasteiger charge is -2.22. The van der Waals surface area contributed by atoms with Crippen molar-refractivity contribution < 1.29 is 13.3 Å². The van der Waals surface area contributed by atoms with Crippen LogP contribution in [0.15, 0.2) is 33.6 Å². The Labute approximate surface area is 115 Å². The van der Waals surface area contributed by atoms with Crippen molar-refractivity contribution in [2.75, 3.05) is 13.1 Å². The summed E-state index contributed by atoms with van der Waals surface area (Å²) in [7, 11) is -3.60. The van der Waals surface area contributed by atoms with Gasteiger partial charge in [-0.1, -0.05) is 20.8 Å². The Morgan fingerprint density at radius 3 is 2.67 bits per heavy atom. The van der Waals surface area contributed by atoms with Gasteiger partial charge in [0.2, 0.25) is 0 Å². The van der Waals surface area contributed by atoms with E-state index < -0.39 is 10.0 Å². The van der Waals surface area contributed by atoms with E-state index in [1.807, 2.05) is 0 Å². The molecular weight excluding hydrogens is 320 g/mol. The molecule has 1 saturated heterocycles. The van der Waals surface area contributed by atoms with Gasteiger partial charge in [-0.25, -0.2) is 8.42 Å². The standard InChI is InChI=1S/C11H15BrN2O3S/c12-9-3-5-11(6-4-9)18(15,16)14-17-10-2-1-7-13-8-10/h3-6,10,13-14H,1-2,7-8H2. The van der Waals surface area contributed by atoms with Crippen molar-refractivity contribution in [3.63, 3.8) is 0 Å². The molecule has 1 aliphatic rings. The van der Waals surface area contributed by atoms with E-state index in [-0.39, 0.29) is 11.0 Å². The average Bonchev–Trinajstić information content (AvgIpc) is 2.38. The smallest absolute Gasteiger partial charge is 0.262 e. The van der Waals surface area contributed by atoms with Gasteiger partial charge in [0.15, 0.2) is 0 Å². The third-order valence-electron chi connectivity index (χ3n) is 2.70. The molecule has 2 rings (SSSR count). The highest BCUT2D eigenvalue weighted by molar-refractivity contribution is 9.10. The molecule has 0 aliphatic carbocycles. The molecule has 0 aromatic heterocycles. The summed E-state index contributed by atoms with van der Waals surface area (Å²) < 4.78 is 24.7. The van der Waals surface area contributed by atoms with Crippen LogP contribution >= 0.6 is 15.9 Å². The van der Waals surface area contributed by atoms with Crippen LogP contribution in [-0.4, -0.2) is 27.6 Å². The minimum atomic E-state index is -3.60. The zero-order chi connectivity index (χ0) is 13.0. The van der Waals surface area contributed by atoms with E-state index in [0.29, 0.717) is 6.54 Å². The predicted molar refractivity (Wildman–Crippen MR) is 71.4 cm³/mol. The molecule has 0 bridgehead atoms. The van der Waals surface area contributed by atoms with Gasteiger partial charge in [-0.15, -0.1) is 0 Å². The van der Waals surface area contributed by atoms with E-state index in [1.54, 1.807) is 12.1 Å². The Bertz CT molecular complexity index is 484. The zero-order valence-corrected chi connectivity index (χ0v) is 12.1. The van der Waals surface area contributed by atoms with Crippen molar-refractivity contribution in [3.05, 3.63) is 28.7 Å². The summed E-state index contributed by atoms with van der Waals surface area (Å²) in [5.74, 6) is 0. The Morgan fingerprint density at radius 2 is 2.06 bits per heavy atom. The van der Waals surface area contributed by atoms with Crippen molar-refractivity contribution in [2.45, 2.75) is 23.8 Å². The molecule has 1 aromatic rings. The SMILES string of the molecule is O=S(=O)(NOC1CCCNC1)c1ccc(Br)cc1. The van der Waals surface area contributed by atoms with Gasteiger partial charge in [0.25, 0.3) is 10.0 Å². The van der Waals surface area contributed by atoms with Crippen molar-refractivity contribution in [2.24, 2.45) is 0 Å². The molecule has 0 amide bonds. The van der Waals surface area contributed by atoms with Crippen LogP contribution in [0.2, 0.25) is 0 Å². The molecule has 1 aromatic carbocycles. The van der Waals surface area contributed by atoms with Crippen LogP contribution < -0.4 is 10.2 Å². The first-order valence-electron chi connectivity index (χ1n) is 5.72. The van der Waals surface area contributed by atoms with Gasteiger partial charge in [0, 0.05) is 11.0 Å². The molecule has 1 atom stereocenters. The summed E-state index contributed by atoms with van der Waals surface area (Å²) >= 11 is 3.26. The summed E-state index contributed by atoms with van der Waals surface area (Å²) in [6.07, 6.45) is 1.74. The summed E-state index contributed by atoms with van der Waals surface area (Å²) in [5, 5.41) is 3.15. The highest BCUT2D eigenvalue weighted by atomic mass is 79.9. The molecule has 0 radical (unpaired) electrons. The number of halogens is 1. The van der Waals surface area contributed by atoms with E-state index in [4.69, 9.17) is 4.84 Å². The molecule has 1 heterocycles. The molecule has 18 heavy (non-hydrogen) atoms. The van der Waals surface area contributed by atoms with Crippen molar-refractivity contribution in [3.8, 4) is 0 Å². The topological polar surface area (TPSA) is 67.4 Å². The van der Waals surface area contributed by atoms with Crippen LogP contribution in [0.1, 0.15) is 12.8 Å². The Morgan fingerprint density at radius 1 is 1.33 bits per heavy atom. The minimum absolute atomic E-state index is 0.107. The second-order valence-corrected chi connectivity index (χ2v) is 6.69. The van der Waals surface area contributed by atoms with Gasteiger partial charge in [0.05, 0.1) is 11.0 Å². The van der Waals surface area contributed by atoms with E-state index >= 15 is 0 Å². The predicted octanol–water partition coefficient (Wildman–Crippen LogP) is 1.41. The Balaban J connectivity index is 1.96. The molecular formula is C11H15BrN2O3S. The second kappa shape index (κ2) is 6.12. The summed E-state index contributed by atoms with van der Waals surface area (Å²) in [5.41, 5.74) is 0.